The lowest BCUT2D eigenvalue weighted by atomic mass is 10.5. The second kappa shape index (κ2) is 2.69. The van der Waals surface area contributed by atoms with Crippen LogP contribution >= 0.6 is 0 Å². The van der Waals surface area contributed by atoms with Gasteiger partial charge in [-0.1, -0.05) is 0 Å². The van der Waals surface area contributed by atoms with E-state index in [1.54, 1.807) is 6.26 Å². The van der Waals surface area contributed by atoms with Crippen molar-refractivity contribution in [2.75, 3.05) is 13.2 Å². The van der Waals surface area contributed by atoms with Crippen LogP contribution in [0.1, 0.15) is 0 Å². The summed E-state index contributed by atoms with van der Waals surface area (Å²) >= 11 is 0. The van der Waals surface area contributed by atoms with Gasteiger partial charge in [-0.05, 0) is 6.08 Å². The summed E-state index contributed by atoms with van der Waals surface area (Å²) in [6.45, 7) is 1.37. The first kappa shape index (κ1) is 5.59. The molecule has 0 aromatic heterocycles. The predicted octanol–water partition coefficient (Wildman–Crippen LogP) is -0.595. The average Bonchev–Trinajstić information content (AvgIpc) is 1.94. The third-order valence-corrected chi connectivity index (χ3v) is 0.966. The molecule has 0 amide bonds. The van der Waals surface area contributed by atoms with Crippen molar-refractivity contribution in [1.29, 1.82) is 0 Å². The molecular weight excluding hydrogens is 104 g/mol. The van der Waals surface area contributed by atoms with Gasteiger partial charge in [0.1, 0.15) is 6.61 Å². The molecular formula is C5H10N2O. The van der Waals surface area contributed by atoms with E-state index in [9.17, 15) is 0 Å². The van der Waals surface area contributed by atoms with Gasteiger partial charge in [0.2, 0.25) is 0 Å². The van der Waals surface area contributed by atoms with Gasteiger partial charge < -0.3 is 10.5 Å². The van der Waals surface area contributed by atoms with Crippen LogP contribution in [0.4, 0.5) is 0 Å². The van der Waals surface area contributed by atoms with Crippen molar-refractivity contribution in [2.24, 2.45) is 5.73 Å². The third kappa shape index (κ3) is 1.52. The zero-order chi connectivity index (χ0) is 5.82. The molecule has 3 nitrogen and oxygen atoms in total. The highest BCUT2D eigenvalue weighted by Crippen LogP contribution is 1.84. The van der Waals surface area contributed by atoms with Crippen molar-refractivity contribution in [1.82, 2.24) is 5.32 Å². The van der Waals surface area contributed by atoms with Crippen LogP contribution in [-0.2, 0) is 4.74 Å². The Hall–Kier alpha value is -0.540. The lowest BCUT2D eigenvalue weighted by Gasteiger charge is -2.06. The lowest BCUT2D eigenvalue weighted by Crippen LogP contribution is -2.39. The van der Waals surface area contributed by atoms with E-state index in [1.165, 1.54) is 0 Å². The summed E-state index contributed by atoms with van der Waals surface area (Å²) in [4.78, 5) is 0. The van der Waals surface area contributed by atoms with Crippen molar-refractivity contribution < 1.29 is 4.74 Å². The van der Waals surface area contributed by atoms with E-state index in [-0.39, 0.29) is 6.17 Å². The van der Waals surface area contributed by atoms with E-state index in [4.69, 9.17) is 10.5 Å². The quantitative estimate of drug-likeness (QED) is 0.442. The molecule has 0 saturated heterocycles. The first-order valence-corrected chi connectivity index (χ1v) is 2.65. The topological polar surface area (TPSA) is 47.3 Å². The average molecular weight is 114 g/mol. The van der Waals surface area contributed by atoms with Crippen LogP contribution in [0.25, 0.3) is 0 Å². The van der Waals surface area contributed by atoms with Crippen LogP contribution < -0.4 is 11.1 Å². The fourth-order valence-electron chi connectivity index (χ4n) is 0.554. The molecule has 1 unspecified atom stereocenters. The van der Waals surface area contributed by atoms with E-state index in [1.807, 2.05) is 6.08 Å². The number of hydrogen-bond acceptors (Lipinski definition) is 3. The summed E-state index contributed by atoms with van der Waals surface area (Å²) in [5.41, 5.74) is 5.46. The van der Waals surface area contributed by atoms with Crippen LogP contribution in [0.2, 0.25) is 0 Å². The van der Waals surface area contributed by atoms with E-state index in [0.717, 1.165) is 6.54 Å². The highest BCUT2D eigenvalue weighted by molar-refractivity contribution is 4.81. The predicted molar refractivity (Wildman–Crippen MR) is 31.1 cm³/mol. The smallest absolute Gasteiger partial charge is 0.116 e. The molecule has 1 atom stereocenters. The summed E-state index contributed by atoms with van der Waals surface area (Å²) < 4.78 is 4.94. The van der Waals surface area contributed by atoms with Crippen LogP contribution in [0, 0.1) is 0 Å². The van der Waals surface area contributed by atoms with Crippen molar-refractivity contribution in [3.63, 3.8) is 0 Å². The number of nitrogens with two attached hydrogens (primary N) is 1. The Labute approximate surface area is 48.5 Å². The Morgan fingerprint density at radius 2 is 2.62 bits per heavy atom. The standard InChI is InChI=1S/C5H10N2O/c6-5-4-8-3-1-2-7-5/h1,3,5,7H,2,4,6H2. The highest BCUT2D eigenvalue weighted by atomic mass is 16.5. The third-order valence-electron chi connectivity index (χ3n) is 0.966. The molecule has 0 aromatic carbocycles. The fourth-order valence-corrected chi connectivity index (χ4v) is 0.554. The van der Waals surface area contributed by atoms with Gasteiger partial charge in [0, 0.05) is 6.54 Å². The van der Waals surface area contributed by atoms with Crippen LogP contribution in [0.15, 0.2) is 12.3 Å². The van der Waals surface area contributed by atoms with Crippen LogP contribution in [-0.4, -0.2) is 19.3 Å². The normalized spacial score (nSPS) is 28.9. The zero-order valence-corrected chi connectivity index (χ0v) is 4.63. The molecule has 0 fully saturated rings. The minimum absolute atomic E-state index is 0.00926. The fraction of sp³-hybridized carbons (Fsp3) is 0.600. The van der Waals surface area contributed by atoms with Crippen molar-refractivity contribution in [3.05, 3.63) is 12.3 Å². The molecule has 8 heavy (non-hydrogen) atoms. The van der Waals surface area contributed by atoms with E-state index >= 15 is 0 Å². The van der Waals surface area contributed by atoms with Gasteiger partial charge in [0.25, 0.3) is 0 Å². The maximum Gasteiger partial charge on any atom is 0.116 e. The number of nitrogens with one attached hydrogen (secondary N) is 1. The van der Waals surface area contributed by atoms with Crippen LogP contribution in [0.5, 0.6) is 0 Å². The number of hydrogen-bond donors (Lipinski definition) is 2. The monoisotopic (exact) mass is 114 g/mol. The first-order valence-electron chi connectivity index (χ1n) is 2.65. The Balaban J connectivity index is 2.28. The number of ether oxygens (including phenoxy) is 1. The molecule has 0 aliphatic carbocycles. The van der Waals surface area contributed by atoms with E-state index in [2.05, 4.69) is 5.32 Å². The van der Waals surface area contributed by atoms with Gasteiger partial charge >= 0.3 is 0 Å². The largest absolute Gasteiger partial charge is 0.498 e. The zero-order valence-electron chi connectivity index (χ0n) is 4.63. The Kier molecular flexibility index (Phi) is 1.88. The second-order valence-electron chi connectivity index (χ2n) is 1.72. The minimum atomic E-state index is -0.00926. The molecule has 3 N–H and O–H groups in total. The lowest BCUT2D eigenvalue weighted by molar-refractivity contribution is 0.223. The summed E-state index contributed by atoms with van der Waals surface area (Å²) in [6.07, 6.45) is 3.55. The van der Waals surface area contributed by atoms with Gasteiger partial charge in [0.05, 0.1) is 12.4 Å². The summed E-state index contributed by atoms with van der Waals surface area (Å²) in [5.74, 6) is 0. The van der Waals surface area contributed by atoms with Gasteiger partial charge in [-0.15, -0.1) is 0 Å². The molecule has 1 aliphatic heterocycles. The SMILES string of the molecule is NC1COC=CCN1. The summed E-state index contributed by atoms with van der Waals surface area (Å²) in [7, 11) is 0. The molecule has 0 bridgehead atoms. The molecule has 0 saturated carbocycles. The first-order chi connectivity index (χ1) is 3.89. The van der Waals surface area contributed by atoms with E-state index < -0.39 is 0 Å². The van der Waals surface area contributed by atoms with Gasteiger partial charge in [-0.2, -0.15) is 0 Å². The highest BCUT2D eigenvalue weighted by Gasteiger charge is 2.00. The van der Waals surface area contributed by atoms with Gasteiger partial charge in [0.15, 0.2) is 0 Å². The maximum atomic E-state index is 5.46. The van der Waals surface area contributed by atoms with E-state index in [0.29, 0.717) is 6.61 Å². The molecule has 46 valence electrons. The van der Waals surface area contributed by atoms with Gasteiger partial charge in [-0.25, -0.2) is 0 Å². The molecule has 0 radical (unpaired) electrons. The summed E-state index contributed by atoms with van der Waals surface area (Å²) in [6, 6.07) is 0. The van der Waals surface area contributed by atoms with Gasteiger partial charge in [-0.3, -0.25) is 5.32 Å². The molecule has 0 spiro atoms. The molecule has 1 rings (SSSR count). The molecule has 1 aliphatic rings. The van der Waals surface area contributed by atoms with Crippen molar-refractivity contribution >= 4 is 0 Å². The summed E-state index contributed by atoms with van der Waals surface area (Å²) in [5, 5.41) is 3.01. The molecule has 1 heterocycles. The van der Waals surface area contributed by atoms with Crippen LogP contribution in [0.3, 0.4) is 0 Å². The maximum absolute atomic E-state index is 5.46. The number of rotatable bonds is 0. The second-order valence-corrected chi connectivity index (χ2v) is 1.72. The Morgan fingerprint density at radius 3 is 3.50 bits per heavy atom. The minimum Gasteiger partial charge on any atom is -0.498 e. The van der Waals surface area contributed by atoms with Crippen molar-refractivity contribution in [3.8, 4) is 0 Å². The Bertz CT molecular complexity index is 82.4. The van der Waals surface area contributed by atoms with Crippen molar-refractivity contribution in [2.45, 2.75) is 6.17 Å². The Morgan fingerprint density at radius 1 is 1.75 bits per heavy atom. The molecule has 3 heteroatoms. The molecule has 0 aromatic rings.